The maximum Gasteiger partial charge on any atom is 0.127 e. The summed E-state index contributed by atoms with van der Waals surface area (Å²) in [4.78, 5) is 5.03. The molecule has 0 N–H and O–H groups in total. The first-order valence-corrected chi connectivity index (χ1v) is 14.1. The summed E-state index contributed by atoms with van der Waals surface area (Å²) in [7, 11) is 1.71. The fourth-order valence-electron chi connectivity index (χ4n) is 6.17. The lowest BCUT2D eigenvalue weighted by Gasteiger charge is -2.45. The summed E-state index contributed by atoms with van der Waals surface area (Å²) >= 11 is 0. The summed E-state index contributed by atoms with van der Waals surface area (Å²) in [5.74, 6) is 1.83. The van der Waals surface area contributed by atoms with E-state index in [1.165, 1.54) is 30.4 Å². The normalized spacial score (nSPS) is 19.1. The average molecular weight is 517 g/mol. The second kappa shape index (κ2) is 12.8. The Labute approximate surface area is 227 Å². The Balaban J connectivity index is 1.31. The third-order valence-electron chi connectivity index (χ3n) is 8.43. The van der Waals surface area contributed by atoms with Crippen molar-refractivity contribution >= 4 is 0 Å². The topological polar surface area (TPSA) is 24.9 Å². The van der Waals surface area contributed by atoms with Crippen molar-refractivity contribution < 1.29 is 13.9 Å². The highest BCUT2D eigenvalue weighted by Gasteiger charge is 2.36. The van der Waals surface area contributed by atoms with Crippen molar-refractivity contribution in [3.8, 4) is 11.5 Å². The lowest BCUT2D eigenvalue weighted by atomic mass is 9.73. The minimum Gasteiger partial charge on any atom is -0.497 e. The molecule has 0 aromatic heterocycles. The molecule has 0 unspecified atom stereocenters. The van der Waals surface area contributed by atoms with Crippen LogP contribution < -0.4 is 9.47 Å². The van der Waals surface area contributed by atoms with Crippen LogP contribution in [-0.4, -0.2) is 49.7 Å². The molecule has 2 aliphatic rings. The zero-order valence-electron chi connectivity index (χ0n) is 22.7. The number of aryl methyl sites for hydroxylation is 1. The van der Waals surface area contributed by atoms with Gasteiger partial charge in [0.2, 0.25) is 0 Å². The molecule has 38 heavy (non-hydrogen) atoms. The molecule has 0 saturated carbocycles. The first-order valence-electron chi connectivity index (χ1n) is 14.1. The lowest BCUT2D eigenvalue weighted by molar-refractivity contribution is 0.0406. The molecule has 202 valence electrons. The molecule has 0 aliphatic carbocycles. The van der Waals surface area contributed by atoms with Gasteiger partial charge in [-0.15, -0.1) is 0 Å². The minimum atomic E-state index is -0.0928. The third kappa shape index (κ3) is 6.95. The Kier molecular flexibility index (Phi) is 8.98. The number of ether oxygens (including phenoxy) is 2. The van der Waals surface area contributed by atoms with Crippen LogP contribution in [0, 0.1) is 11.2 Å². The molecular formula is C33H41FN2O2. The zero-order chi connectivity index (χ0) is 26.2. The van der Waals surface area contributed by atoms with Crippen LogP contribution in [0.25, 0.3) is 0 Å². The van der Waals surface area contributed by atoms with Crippen LogP contribution >= 0.6 is 0 Å². The Morgan fingerprint density at radius 3 is 2.37 bits per heavy atom. The van der Waals surface area contributed by atoms with Crippen molar-refractivity contribution in [1.82, 2.24) is 9.80 Å². The van der Waals surface area contributed by atoms with Gasteiger partial charge in [0.05, 0.1) is 7.11 Å². The predicted molar refractivity (Wildman–Crippen MR) is 151 cm³/mol. The smallest absolute Gasteiger partial charge is 0.127 e. The third-order valence-corrected chi connectivity index (χ3v) is 8.43. The molecule has 0 atom stereocenters. The SMILES string of the molecule is COc1ccc(CN2CCOc3ccccc3CCCCC3(CCN(Cc4ccccc4F)CC3)C2)cc1. The number of methoxy groups -OCH3 is 1. The molecule has 2 heterocycles. The molecule has 0 radical (unpaired) electrons. The summed E-state index contributed by atoms with van der Waals surface area (Å²) in [5, 5.41) is 0. The summed E-state index contributed by atoms with van der Waals surface area (Å²) in [6.45, 7) is 6.27. The molecule has 1 saturated heterocycles. The standard InChI is InChI=1S/C33H41FN2O2/c1-37-30-15-13-27(14-16-30)24-36-22-23-38-32-12-5-3-8-28(32)9-6-7-17-33(26-36)18-20-35(21-19-33)25-29-10-2-4-11-31(29)34/h2-5,8,10-16H,6-7,9,17-26H2,1H3. The Morgan fingerprint density at radius 1 is 0.816 bits per heavy atom. The molecule has 4 nitrogen and oxygen atoms in total. The van der Waals surface area contributed by atoms with Crippen LogP contribution in [0.5, 0.6) is 11.5 Å². The highest BCUT2D eigenvalue weighted by atomic mass is 19.1. The van der Waals surface area contributed by atoms with E-state index in [0.29, 0.717) is 13.2 Å². The number of para-hydroxylation sites is 1. The van der Waals surface area contributed by atoms with Gasteiger partial charge in [-0.2, -0.15) is 0 Å². The van der Waals surface area contributed by atoms with Gasteiger partial charge < -0.3 is 9.47 Å². The molecule has 0 bridgehead atoms. The molecule has 0 amide bonds. The van der Waals surface area contributed by atoms with E-state index in [2.05, 4.69) is 58.3 Å². The highest BCUT2D eigenvalue weighted by molar-refractivity contribution is 5.33. The molecule has 5 rings (SSSR count). The molecule has 3 aromatic rings. The fraction of sp³-hybridized carbons (Fsp3) is 0.455. The number of hydrogen-bond acceptors (Lipinski definition) is 4. The van der Waals surface area contributed by atoms with Crippen molar-refractivity contribution in [1.29, 1.82) is 0 Å². The largest absolute Gasteiger partial charge is 0.497 e. The number of rotatable bonds is 5. The van der Waals surface area contributed by atoms with E-state index in [4.69, 9.17) is 9.47 Å². The van der Waals surface area contributed by atoms with Crippen LogP contribution in [0.15, 0.2) is 72.8 Å². The van der Waals surface area contributed by atoms with Gasteiger partial charge in [-0.25, -0.2) is 4.39 Å². The van der Waals surface area contributed by atoms with Gasteiger partial charge in [0.25, 0.3) is 0 Å². The van der Waals surface area contributed by atoms with Crippen LogP contribution in [0.3, 0.4) is 0 Å². The molecule has 1 fully saturated rings. The van der Waals surface area contributed by atoms with Crippen molar-refractivity contribution in [2.75, 3.05) is 39.9 Å². The van der Waals surface area contributed by atoms with Crippen LogP contribution in [0.2, 0.25) is 0 Å². The summed E-state index contributed by atoms with van der Waals surface area (Å²) in [5.41, 5.74) is 3.70. The Bertz CT molecular complexity index is 1160. The van der Waals surface area contributed by atoms with Crippen molar-refractivity contribution in [2.45, 2.75) is 51.6 Å². The van der Waals surface area contributed by atoms with Crippen molar-refractivity contribution in [3.63, 3.8) is 0 Å². The first kappa shape index (κ1) is 26.7. The number of halogens is 1. The number of nitrogens with zero attached hydrogens (tertiary/aromatic N) is 2. The molecular weight excluding hydrogens is 475 g/mol. The van der Waals surface area contributed by atoms with Gasteiger partial charge in [0.1, 0.15) is 23.9 Å². The van der Waals surface area contributed by atoms with Crippen LogP contribution in [0.4, 0.5) is 4.39 Å². The van der Waals surface area contributed by atoms with Crippen LogP contribution in [-0.2, 0) is 19.5 Å². The molecule has 1 spiro atoms. The van der Waals surface area contributed by atoms with Crippen molar-refractivity contribution in [3.05, 3.63) is 95.3 Å². The average Bonchev–Trinajstić information content (AvgIpc) is 2.94. The Morgan fingerprint density at radius 2 is 1.58 bits per heavy atom. The summed E-state index contributed by atoms with van der Waals surface area (Å²) < 4.78 is 26.0. The van der Waals surface area contributed by atoms with E-state index in [1.807, 2.05) is 12.1 Å². The van der Waals surface area contributed by atoms with Gasteiger partial charge in [0.15, 0.2) is 0 Å². The zero-order valence-corrected chi connectivity index (χ0v) is 22.7. The molecule has 3 aromatic carbocycles. The highest BCUT2D eigenvalue weighted by Crippen LogP contribution is 2.39. The van der Waals surface area contributed by atoms with Gasteiger partial charge in [-0.1, -0.05) is 55.0 Å². The van der Waals surface area contributed by atoms with E-state index in [0.717, 1.165) is 69.0 Å². The number of benzene rings is 3. The maximum atomic E-state index is 14.3. The number of likely N-dealkylation sites (tertiary alicyclic amines) is 1. The Hall–Kier alpha value is -2.89. The van der Waals surface area contributed by atoms with E-state index in [9.17, 15) is 4.39 Å². The second-order valence-corrected chi connectivity index (χ2v) is 11.1. The van der Waals surface area contributed by atoms with Gasteiger partial charge >= 0.3 is 0 Å². The van der Waals surface area contributed by atoms with Crippen molar-refractivity contribution in [2.24, 2.45) is 5.41 Å². The number of hydrogen-bond donors (Lipinski definition) is 0. The molecule has 5 heteroatoms. The first-order chi connectivity index (χ1) is 18.6. The van der Waals surface area contributed by atoms with Gasteiger partial charge in [0, 0.05) is 31.7 Å². The second-order valence-electron chi connectivity index (χ2n) is 11.1. The van der Waals surface area contributed by atoms with Crippen LogP contribution in [0.1, 0.15) is 48.8 Å². The van der Waals surface area contributed by atoms with Gasteiger partial charge in [-0.05, 0) is 86.0 Å². The monoisotopic (exact) mass is 516 g/mol. The number of fused-ring (bicyclic) bond motifs is 1. The molecule has 2 aliphatic heterocycles. The van der Waals surface area contributed by atoms with E-state index < -0.39 is 0 Å². The fourth-order valence-corrected chi connectivity index (χ4v) is 6.17. The minimum absolute atomic E-state index is 0.0928. The van der Waals surface area contributed by atoms with E-state index in [1.54, 1.807) is 19.2 Å². The quantitative estimate of drug-likeness (QED) is 0.376. The number of piperidine rings is 1. The van der Waals surface area contributed by atoms with Gasteiger partial charge in [-0.3, -0.25) is 9.80 Å². The predicted octanol–water partition coefficient (Wildman–Crippen LogP) is 6.72. The van der Waals surface area contributed by atoms with E-state index >= 15 is 0 Å². The summed E-state index contributed by atoms with van der Waals surface area (Å²) in [6.07, 6.45) is 7.01. The maximum absolute atomic E-state index is 14.3. The summed E-state index contributed by atoms with van der Waals surface area (Å²) in [6, 6.07) is 24.2. The van der Waals surface area contributed by atoms with E-state index in [-0.39, 0.29) is 11.2 Å². The lowest BCUT2D eigenvalue weighted by Crippen LogP contribution is -2.47.